The zero-order valence-corrected chi connectivity index (χ0v) is 14.6. The molecule has 4 rings (SSSR count). The smallest absolute Gasteiger partial charge is 0.195 e. The van der Waals surface area contributed by atoms with E-state index in [-0.39, 0.29) is 6.10 Å². The molecular weight excluding hydrogens is 316 g/mol. The average molecular weight is 340 g/mol. The molecule has 0 spiro atoms. The zero-order chi connectivity index (χ0) is 17.1. The van der Waals surface area contributed by atoms with Crippen molar-refractivity contribution in [2.24, 2.45) is 0 Å². The van der Waals surface area contributed by atoms with Gasteiger partial charge in [0.2, 0.25) is 0 Å². The molecule has 0 unspecified atom stereocenters. The molecule has 1 aromatic carbocycles. The molecule has 1 atom stereocenters. The van der Waals surface area contributed by atoms with Gasteiger partial charge in [-0.05, 0) is 37.6 Å². The van der Waals surface area contributed by atoms with Crippen molar-refractivity contribution in [1.29, 1.82) is 0 Å². The summed E-state index contributed by atoms with van der Waals surface area (Å²) in [6.45, 7) is 6.64. The predicted octanol–water partition coefficient (Wildman–Crippen LogP) is 2.67. The van der Waals surface area contributed by atoms with E-state index in [1.165, 1.54) is 5.56 Å². The van der Waals surface area contributed by atoms with Crippen LogP contribution in [0, 0.1) is 6.92 Å². The van der Waals surface area contributed by atoms with Gasteiger partial charge in [-0.15, -0.1) is 0 Å². The summed E-state index contributed by atoms with van der Waals surface area (Å²) in [4.78, 5) is 7.01. The molecule has 1 aliphatic heterocycles. The van der Waals surface area contributed by atoms with Crippen molar-refractivity contribution in [3.05, 3.63) is 48.1 Å². The van der Waals surface area contributed by atoms with Crippen molar-refractivity contribution in [3.63, 3.8) is 0 Å². The van der Waals surface area contributed by atoms with Gasteiger partial charge < -0.3 is 9.15 Å². The minimum absolute atomic E-state index is 0.206. The molecule has 0 bridgehead atoms. The molecule has 0 aliphatic carbocycles. The van der Waals surface area contributed by atoms with Crippen molar-refractivity contribution < 1.29 is 9.15 Å². The number of para-hydroxylation sites is 2. The molecule has 25 heavy (non-hydrogen) atoms. The lowest BCUT2D eigenvalue weighted by atomic mass is 10.2. The van der Waals surface area contributed by atoms with Crippen molar-refractivity contribution in [2.45, 2.75) is 32.4 Å². The molecule has 1 aliphatic rings. The quantitative estimate of drug-likeness (QED) is 0.690. The minimum atomic E-state index is 0.206. The highest BCUT2D eigenvalue weighted by Crippen LogP contribution is 2.16. The van der Waals surface area contributed by atoms with Crippen molar-refractivity contribution in [1.82, 2.24) is 19.7 Å². The van der Waals surface area contributed by atoms with Crippen LogP contribution in [0.1, 0.15) is 17.9 Å². The number of aromatic nitrogens is 3. The third kappa shape index (κ3) is 4.08. The second-order valence-electron chi connectivity index (χ2n) is 6.71. The maximum atomic E-state index is 5.89. The van der Waals surface area contributed by atoms with E-state index in [4.69, 9.17) is 9.15 Å². The molecule has 6 heteroatoms. The van der Waals surface area contributed by atoms with Crippen LogP contribution in [-0.2, 0) is 17.7 Å². The lowest BCUT2D eigenvalue weighted by molar-refractivity contribution is -0.0377. The summed E-state index contributed by atoms with van der Waals surface area (Å²) in [6.07, 6.45) is 6.07. The summed E-state index contributed by atoms with van der Waals surface area (Å²) in [7, 11) is 0. The third-order valence-corrected chi connectivity index (χ3v) is 4.58. The highest BCUT2D eigenvalue weighted by molar-refractivity contribution is 5.72. The van der Waals surface area contributed by atoms with Gasteiger partial charge in [0.15, 0.2) is 11.5 Å². The topological polar surface area (TPSA) is 56.3 Å². The summed E-state index contributed by atoms with van der Waals surface area (Å²) in [5.41, 5.74) is 3.00. The lowest BCUT2D eigenvalue weighted by Crippen LogP contribution is -2.44. The summed E-state index contributed by atoms with van der Waals surface area (Å²) in [6, 6.07) is 7.93. The van der Waals surface area contributed by atoms with Gasteiger partial charge in [0.25, 0.3) is 0 Å². The number of rotatable bonds is 6. The Morgan fingerprint density at radius 2 is 2.20 bits per heavy atom. The standard InChI is InChI=1S/C19H24N4O2/c1-15-11-20-23(12-15)14-16-13-22(9-10-24-16)8-4-7-19-21-17-5-2-3-6-18(17)25-19/h2-3,5-6,11-12,16H,4,7-10,13-14H2,1H3/t16-/m1/s1. The van der Waals surface area contributed by atoms with Crippen molar-refractivity contribution in [2.75, 3.05) is 26.2 Å². The second kappa shape index (κ2) is 7.37. The second-order valence-corrected chi connectivity index (χ2v) is 6.71. The van der Waals surface area contributed by atoms with E-state index in [2.05, 4.69) is 28.1 Å². The molecule has 1 fully saturated rings. The Hall–Kier alpha value is -2.18. The molecule has 3 aromatic rings. The first-order chi connectivity index (χ1) is 12.3. The molecule has 1 saturated heterocycles. The number of ether oxygens (including phenoxy) is 1. The Morgan fingerprint density at radius 3 is 3.04 bits per heavy atom. The molecule has 0 saturated carbocycles. The SMILES string of the molecule is Cc1cnn(C[C@H]2CN(CCCc3nc4ccccc4o3)CCO2)c1. The van der Waals surface area contributed by atoms with Crippen LogP contribution in [0.4, 0.5) is 0 Å². The Balaban J connectivity index is 1.26. The van der Waals surface area contributed by atoms with Gasteiger partial charge in [-0.2, -0.15) is 5.10 Å². The first kappa shape index (κ1) is 16.3. The van der Waals surface area contributed by atoms with Gasteiger partial charge in [-0.3, -0.25) is 9.58 Å². The monoisotopic (exact) mass is 340 g/mol. The minimum Gasteiger partial charge on any atom is -0.441 e. The Labute approximate surface area is 147 Å². The lowest BCUT2D eigenvalue weighted by Gasteiger charge is -2.32. The first-order valence-electron chi connectivity index (χ1n) is 8.94. The molecule has 132 valence electrons. The van der Waals surface area contributed by atoms with Crippen LogP contribution in [0.25, 0.3) is 11.1 Å². The van der Waals surface area contributed by atoms with Crippen molar-refractivity contribution in [3.8, 4) is 0 Å². The number of nitrogens with zero attached hydrogens (tertiary/aromatic N) is 4. The molecule has 6 nitrogen and oxygen atoms in total. The van der Waals surface area contributed by atoms with Gasteiger partial charge in [-0.1, -0.05) is 12.1 Å². The van der Waals surface area contributed by atoms with E-state index in [9.17, 15) is 0 Å². The first-order valence-corrected chi connectivity index (χ1v) is 8.94. The fourth-order valence-corrected chi connectivity index (χ4v) is 3.35. The average Bonchev–Trinajstić information content (AvgIpc) is 3.21. The molecule has 0 radical (unpaired) electrons. The van der Waals surface area contributed by atoms with E-state index in [0.29, 0.717) is 0 Å². The Bertz CT molecular complexity index is 793. The normalized spacial score (nSPS) is 18.8. The van der Waals surface area contributed by atoms with Crippen LogP contribution in [0.3, 0.4) is 0 Å². The number of benzene rings is 1. The summed E-state index contributed by atoms with van der Waals surface area (Å²) in [5.74, 6) is 0.832. The number of aryl methyl sites for hydroxylation is 2. The van der Waals surface area contributed by atoms with Gasteiger partial charge >= 0.3 is 0 Å². The highest BCUT2D eigenvalue weighted by Gasteiger charge is 2.21. The summed E-state index contributed by atoms with van der Waals surface area (Å²) >= 11 is 0. The highest BCUT2D eigenvalue weighted by atomic mass is 16.5. The number of hydrogen-bond donors (Lipinski definition) is 0. The van der Waals surface area contributed by atoms with Crippen LogP contribution in [0.5, 0.6) is 0 Å². The maximum absolute atomic E-state index is 5.89. The molecular formula is C19H24N4O2. The summed E-state index contributed by atoms with van der Waals surface area (Å²) in [5, 5.41) is 4.35. The van der Waals surface area contributed by atoms with E-state index < -0.39 is 0 Å². The maximum Gasteiger partial charge on any atom is 0.195 e. The van der Waals surface area contributed by atoms with Crippen LogP contribution >= 0.6 is 0 Å². The number of fused-ring (bicyclic) bond motifs is 1. The molecule has 0 N–H and O–H groups in total. The molecule has 3 heterocycles. The Kier molecular flexibility index (Phi) is 4.81. The predicted molar refractivity (Wildman–Crippen MR) is 95.5 cm³/mol. The number of morpholine rings is 1. The van der Waals surface area contributed by atoms with Gasteiger partial charge in [0, 0.05) is 25.7 Å². The molecule has 0 amide bonds. The zero-order valence-electron chi connectivity index (χ0n) is 14.6. The van der Waals surface area contributed by atoms with Gasteiger partial charge in [0.05, 0.1) is 25.5 Å². The molecule has 2 aromatic heterocycles. The van der Waals surface area contributed by atoms with Crippen LogP contribution in [-0.4, -0.2) is 52.0 Å². The van der Waals surface area contributed by atoms with Gasteiger partial charge in [-0.25, -0.2) is 4.98 Å². The fraction of sp³-hybridized carbons (Fsp3) is 0.474. The van der Waals surface area contributed by atoms with E-state index in [1.807, 2.05) is 35.1 Å². The van der Waals surface area contributed by atoms with Crippen LogP contribution in [0.2, 0.25) is 0 Å². The largest absolute Gasteiger partial charge is 0.441 e. The van der Waals surface area contributed by atoms with Crippen LogP contribution < -0.4 is 0 Å². The number of hydrogen-bond acceptors (Lipinski definition) is 5. The Morgan fingerprint density at radius 1 is 1.28 bits per heavy atom. The number of oxazole rings is 1. The van der Waals surface area contributed by atoms with E-state index in [1.54, 1.807) is 0 Å². The van der Waals surface area contributed by atoms with Crippen LogP contribution in [0.15, 0.2) is 41.1 Å². The van der Waals surface area contributed by atoms with Crippen molar-refractivity contribution >= 4 is 11.1 Å². The van der Waals surface area contributed by atoms with E-state index in [0.717, 1.165) is 62.6 Å². The third-order valence-electron chi connectivity index (χ3n) is 4.58. The summed E-state index contributed by atoms with van der Waals surface area (Å²) < 4.78 is 13.7. The fourth-order valence-electron chi connectivity index (χ4n) is 3.35. The van der Waals surface area contributed by atoms with E-state index >= 15 is 0 Å². The van der Waals surface area contributed by atoms with Gasteiger partial charge in [0.1, 0.15) is 5.52 Å².